The molecular weight excluding hydrogens is 612 g/mol. The summed E-state index contributed by atoms with van der Waals surface area (Å²) in [6.07, 6.45) is 6.85. The molecule has 48 heavy (non-hydrogen) atoms. The molecule has 1 saturated heterocycles. The topological polar surface area (TPSA) is 152 Å². The second kappa shape index (κ2) is 18.8. The average molecular weight is 671 g/mol. The smallest absolute Gasteiger partial charge is 0.407 e. The van der Waals surface area contributed by atoms with Gasteiger partial charge in [0.2, 0.25) is 17.7 Å². The van der Waals surface area contributed by atoms with Gasteiger partial charge in [-0.3, -0.25) is 19.2 Å². The van der Waals surface area contributed by atoms with Crippen molar-refractivity contribution in [2.75, 3.05) is 6.54 Å². The van der Waals surface area contributed by atoms with E-state index < -0.39 is 30.2 Å². The van der Waals surface area contributed by atoms with Crippen LogP contribution in [0.15, 0.2) is 30.3 Å². The van der Waals surface area contributed by atoms with Gasteiger partial charge in [0, 0.05) is 13.0 Å². The molecule has 4 N–H and O–H groups in total. The zero-order valence-electron chi connectivity index (χ0n) is 29.8. The van der Waals surface area contributed by atoms with E-state index in [9.17, 15) is 24.0 Å². The quantitative estimate of drug-likeness (QED) is 0.140. The average Bonchev–Trinajstić information content (AvgIpc) is 3.37. The van der Waals surface area contributed by atoms with Gasteiger partial charge in [0.05, 0.1) is 12.0 Å². The van der Waals surface area contributed by atoms with Crippen LogP contribution < -0.4 is 21.3 Å². The first kappa shape index (κ1) is 38.8. The van der Waals surface area contributed by atoms with Crippen molar-refractivity contribution in [2.45, 2.75) is 137 Å². The third-order valence-electron chi connectivity index (χ3n) is 9.09. The van der Waals surface area contributed by atoms with Crippen molar-refractivity contribution in [1.29, 1.82) is 0 Å². The van der Waals surface area contributed by atoms with Crippen LogP contribution in [0.2, 0.25) is 0 Å². The summed E-state index contributed by atoms with van der Waals surface area (Å²) in [5.41, 5.74) is 0.582. The highest BCUT2D eigenvalue weighted by Crippen LogP contribution is 2.32. The Balaban J connectivity index is 1.63. The first-order valence-corrected chi connectivity index (χ1v) is 17.8. The van der Waals surface area contributed by atoms with Crippen molar-refractivity contribution in [3.05, 3.63) is 35.9 Å². The number of esters is 1. The minimum atomic E-state index is -0.911. The van der Waals surface area contributed by atoms with Crippen molar-refractivity contribution < 1.29 is 33.4 Å². The van der Waals surface area contributed by atoms with Gasteiger partial charge in [0.25, 0.3) is 0 Å². The summed E-state index contributed by atoms with van der Waals surface area (Å²) in [6.45, 7) is 11.8. The van der Waals surface area contributed by atoms with E-state index in [0.29, 0.717) is 18.8 Å². The highest BCUT2D eigenvalue weighted by molar-refractivity contribution is 5.92. The molecule has 1 heterocycles. The molecule has 2 aliphatic rings. The molecule has 1 aliphatic carbocycles. The fourth-order valence-electron chi connectivity index (χ4n) is 6.42. The summed E-state index contributed by atoms with van der Waals surface area (Å²) in [4.78, 5) is 64.9. The molecule has 0 bridgehead atoms. The summed E-state index contributed by atoms with van der Waals surface area (Å²) in [5, 5.41) is 11.6. The lowest BCUT2D eigenvalue weighted by Gasteiger charge is -2.32. The van der Waals surface area contributed by atoms with E-state index in [4.69, 9.17) is 9.47 Å². The van der Waals surface area contributed by atoms with Crippen LogP contribution in [0.25, 0.3) is 0 Å². The number of nitrogens with one attached hydrogen (secondary N) is 4. The molecule has 11 heteroatoms. The molecule has 268 valence electrons. The number of alkyl carbamates (subject to hydrolysis) is 1. The van der Waals surface area contributed by atoms with Crippen molar-refractivity contribution in [1.82, 2.24) is 21.3 Å². The molecule has 4 amide bonds. The van der Waals surface area contributed by atoms with Gasteiger partial charge in [-0.2, -0.15) is 0 Å². The summed E-state index contributed by atoms with van der Waals surface area (Å²) in [5.74, 6) is -1.35. The maximum atomic E-state index is 13.8. The Kier molecular flexibility index (Phi) is 15.2. The molecule has 0 spiro atoms. The zero-order chi connectivity index (χ0) is 35.3. The van der Waals surface area contributed by atoms with Gasteiger partial charge in [-0.05, 0) is 48.5 Å². The standard InChI is InChI=1S/C37H58N4O7/c1-24(2)32(34(44)40-29(21-26-14-9-7-10-15-26)30-20-25(3)35(45)48-30)41-33(43)28(39-31(42)22-37(4,5)6)18-13-19-38-36(46)47-23-27-16-11-8-12-17-27/h8,11-12,16-17,24-26,28-30,32H,7,9-10,13-15,18-23H2,1-6H3,(H,38,46)(H,39,42)(H,40,44)(H,41,43)/t25-,28+,29+,30+,32+/m1/s1. The van der Waals surface area contributed by atoms with Crippen molar-refractivity contribution in [3.8, 4) is 0 Å². The van der Waals surface area contributed by atoms with Crippen LogP contribution in [-0.2, 0) is 35.3 Å². The molecule has 5 atom stereocenters. The minimum absolute atomic E-state index is 0.142. The van der Waals surface area contributed by atoms with E-state index in [-0.39, 0.29) is 67.1 Å². The number of benzene rings is 1. The van der Waals surface area contributed by atoms with E-state index in [1.807, 2.05) is 71.9 Å². The van der Waals surface area contributed by atoms with Gasteiger partial charge >= 0.3 is 12.1 Å². The Bertz CT molecular complexity index is 1210. The molecule has 1 saturated carbocycles. The number of amides is 4. The normalized spacial score (nSPS) is 20.3. The molecule has 11 nitrogen and oxygen atoms in total. The lowest BCUT2D eigenvalue weighted by Crippen LogP contribution is -2.58. The van der Waals surface area contributed by atoms with Gasteiger partial charge in [-0.15, -0.1) is 0 Å². The molecule has 2 fully saturated rings. The fourth-order valence-corrected chi connectivity index (χ4v) is 6.42. The molecule has 0 aromatic heterocycles. The van der Waals surface area contributed by atoms with Gasteiger partial charge in [0.15, 0.2) is 0 Å². The SMILES string of the molecule is CC(C)[C@H](NC(=O)[C@H](CCCNC(=O)OCc1ccccc1)NC(=O)CC(C)(C)C)C(=O)N[C@@H](CC1CCCCC1)[C@@H]1C[C@@H](C)C(=O)O1. The van der Waals surface area contributed by atoms with Gasteiger partial charge in [-0.25, -0.2) is 4.79 Å². The Hall–Kier alpha value is -3.63. The second-order valence-corrected chi connectivity index (χ2v) is 15.2. The zero-order valence-corrected chi connectivity index (χ0v) is 29.8. The van der Waals surface area contributed by atoms with Crippen molar-refractivity contribution in [3.63, 3.8) is 0 Å². The van der Waals surface area contributed by atoms with Crippen molar-refractivity contribution in [2.24, 2.45) is 23.2 Å². The van der Waals surface area contributed by atoms with E-state index in [1.54, 1.807) is 0 Å². The predicted octanol–water partition coefficient (Wildman–Crippen LogP) is 5.16. The number of hydrogen-bond acceptors (Lipinski definition) is 7. The Labute approximate surface area is 286 Å². The molecule has 1 aromatic carbocycles. The van der Waals surface area contributed by atoms with Gasteiger partial charge in [0.1, 0.15) is 24.8 Å². The maximum absolute atomic E-state index is 13.8. The van der Waals surface area contributed by atoms with Crippen LogP contribution in [0.5, 0.6) is 0 Å². The Morgan fingerprint density at radius 2 is 1.65 bits per heavy atom. The molecule has 3 rings (SSSR count). The largest absolute Gasteiger partial charge is 0.460 e. The highest BCUT2D eigenvalue weighted by Gasteiger charge is 2.39. The van der Waals surface area contributed by atoms with Gasteiger partial charge in [-0.1, -0.05) is 104 Å². The number of ether oxygens (including phenoxy) is 2. The van der Waals surface area contributed by atoms with Crippen LogP contribution in [0.4, 0.5) is 4.79 Å². The number of hydrogen-bond donors (Lipinski definition) is 4. The molecular formula is C37H58N4O7. The molecule has 1 aliphatic heterocycles. The molecule has 0 radical (unpaired) electrons. The van der Waals surface area contributed by atoms with Crippen LogP contribution in [0.3, 0.4) is 0 Å². The lowest BCUT2D eigenvalue weighted by atomic mass is 9.83. The third kappa shape index (κ3) is 13.5. The van der Waals surface area contributed by atoms with E-state index in [2.05, 4.69) is 21.3 Å². The maximum Gasteiger partial charge on any atom is 0.407 e. The monoisotopic (exact) mass is 670 g/mol. The fraction of sp³-hybridized carbons (Fsp3) is 0.703. The summed E-state index contributed by atoms with van der Waals surface area (Å²) >= 11 is 0. The summed E-state index contributed by atoms with van der Waals surface area (Å²) in [6, 6.07) is 7.22. The second-order valence-electron chi connectivity index (χ2n) is 15.2. The van der Waals surface area contributed by atoms with E-state index in [1.165, 1.54) is 6.42 Å². The molecule has 1 aromatic rings. The number of cyclic esters (lactones) is 1. The summed E-state index contributed by atoms with van der Waals surface area (Å²) < 4.78 is 11.0. The van der Waals surface area contributed by atoms with Gasteiger partial charge < -0.3 is 30.7 Å². The predicted molar refractivity (Wildman–Crippen MR) is 183 cm³/mol. The number of rotatable bonds is 16. The Morgan fingerprint density at radius 1 is 0.958 bits per heavy atom. The first-order chi connectivity index (χ1) is 22.7. The van der Waals surface area contributed by atoms with Crippen LogP contribution in [-0.4, -0.2) is 60.6 Å². The van der Waals surface area contributed by atoms with E-state index in [0.717, 1.165) is 37.7 Å². The minimum Gasteiger partial charge on any atom is -0.460 e. The highest BCUT2D eigenvalue weighted by atomic mass is 16.6. The summed E-state index contributed by atoms with van der Waals surface area (Å²) in [7, 11) is 0. The lowest BCUT2D eigenvalue weighted by molar-refractivity contribution is -0.146. The number of carbonyl (C=O) groups is 5. The Morgan fingerprint density at radius 3 is 2.25 bits per heavy atom. The molecule has 0 unspecified atom stereocenters. The van der Waals surface area contributed by atoms with Crippen LogP contribution >= 0.6 is 0 Å². The van der Waals surface area contributed by atoms with Crippen LogP contribution in [0, 0.1) is 23.2 Å². The van der Waals surface area contributed by atoms with E-state index >= 15 is 0 Å². The first-order valence-electron chi connectivity index (χ1n) is 17.8. The van der Waals surface area contributed by atoms with Crippen LogP contribution in [0.1, 0.15) is 111 Å². The third-order valence-corrected chi connectivity index (χ3v) is 9.09. The van der Waals surface area contributed by atoms with Crippen molar-refractivity contribution >= 4 is 29.8 Å². The number of carbonyl (C=O) groups excluding carboxylic acids is 5.